The molecule has 0 aromatic rings. The van der Waals surface area contributed by atoms with Crippen molar-refractivity contribution in [2.45, 2.75) is 39.5 Å². The lowest BCUT2D eigenvalue weighted by Crippen LogP contribution is -2.50. The Morgan fingerprint density at radius 3 is 2.81 bits per heavy atom. The van der Waals surface area contributed by atoms with Crippen molar-refractivity contribution in [1.29, 1.82) is 0 Å². The van der Waals surface area contributed by atoms with E-state index in [0.717, 1.165) is 41.9 Å². The van der Waals surface area contributed by atoms with Crippen LogP contribution < -0.4 is 0 Å². The lowest BCUT2D eigenvalue weighted by molar-refractivity contribution is -0.120. The lowest BCUT2D eigenvalue weighted by atomic mass is 9.48. The van der Waals surface area contributed by atoms with E-state index < -0.39 is 6.61 Å². The van der Waals surface area contributed by atoms with Crippen molar-refractivity contribution in [3.05, 3.63) is 34.4 Å². The average Bonchev–Trinajstić information content (AvgIpc) is 3.35. The largest absolute Gasteiger partial charge is 0.388 e. The number of Topliss-reactive ketones (excluding diaryl/α,β-unsaturated/α-hetero) is 1. The molecule has 1 N–H and O–H groups in total. The number of fused-ring (bicyclic) bond motifs is 7. The zero-order valence-electron chi connectivity index (χ0n) is 15.3. The number of rotatable bonds is 2. The maximum Gasteiger partial charge on any atom is 0.184 e. The Balaban J connectivity index is 1.58. The summed E-state index contributed by atoms with van der Waals surface area (Å²) >= 11 is 6.73. The minimum Gasteiger partial charge on any atom is -0.388 e. The smallest absolute Gasteiger partial charge is 0.184 e. The summed E-state index contributed by atoms with van der Waals surface area (Å²) in [4.78, 5) is 24.6. The van der Waals surface area contributed by atoms with Crippen LogP contribution in [0.4, 0.5) is 0 Å². The Hall–Kier alpha value is -1.19. The Morgan fingerprint density at radius 2 is 2.08 bits per heavy atom. The highest BCUT2D eigenvalue weighted by Crippen LogP contribution is 2.70. The van der Waals surface area contributed by atoms with Gasteiger partial charge in [0.25, 0.3) is 0 Å². The maximum atomic E-state index is 12.3. The van der Waals surface area contributed by atoms with Gasteiger partial charge in [0.05, 0.1) is 0 Å². The van der Waals surface area contributed by atoms with Crippen molar-refractivity contribution in [3.63, 3.8) is 0 Å². The molecule has 0 spiro atoms. The molecule has 0 amide bonds. The van der Waals surface area contributed by atoms with E-state index in [0.29, 0.717) is 23.7 Å². The van der Waals surface area contributed by atoms with Gasteiger partial charge >= 0.3 is 0 Å². The predicted octanol–water partition coefficient (Wildman–Crippen LogP) is 3.81. The van der Waals surface area contributed by atoms with Gasteiger partial charge in [-0.15, -0.1) is 0 Å². The van der Waals surface area contributed by atoms with Gasteiger partial charge in [-0.3, -0.25) is 9.59 Å². The predicted molar refractivity (Wildman–Crippen MR) is 99.3 cm³/mol. The number of halogens is 1. The molecular formula is C22H25ClO3. The van der Waals surface area contributed by atoms with Crippen LogP contribution in [0.3, 0.4) is 0 Å². The van der Waals surface area contributed by atoms with Crippen molar-refractivity contribution >= 4 is 23.2 Å². The summed E-state index contributed by atoms with van der Waals surface area (Å²) in [7, 11) is 0. The van der Waals surface area contributed by atoms with Crippen molar-refractivity contribution in [1.82, 2.24) is 0 Å². The number of carbonyl (C=O) groups is 2. The van der Waals surface area contributed by atoms with Gasteiger partial charge in [0, 0.05) is 16.4 Å². The first-order valence-corrected chi connectivity index (χ1v) is 10.2. The van der Waals surface area contributed by atoms with Crippen LogP contribution in [0.1, 0.15) is 39.5 Å². The fourth-order valence-electron chi connectivity index (χ4n) is 7.05. The standard InChI is InChI=1S/C22H25ClO3/c1-21-6-5-14-11(13(21)3-4-15(21)20(26)10-24)8-18(23)17-9-19(25)12-7-16(12)22(14,17)2/h4,8-9,11-14,16,24H,3,5-7,10H2,1-2H3/t11-,12+,13-,14-,16-,21-,22-/m0/s1. The Morgan fingerprint density at radius 1 is 1.31 bits per heavy atom. The summed E-state index contributed by atoms with van der Waals surface area (Å²) < 4.78 is 0. The minimum absolute atomic E-state index is 0.0137. The molecule has 0 bridgehead atoms. The molecular weight excluding hydrogens is 348 g/mol. The monoisotopic (exact) mass is 372 g/mol. The van der Waals surface area contributed by atoms with Gasteiger partial charge in [0.1, 0.15) is 6.61 Å². The van der Waals surface area contributed by atoms with E-state index in [1.165, 1.54) is 0 Å². The second-order valence-corrected chi connectivity index (χ2v) is 9.79. The third kappa shape index (κ3) is 1.89. The normalized spacial score (nSPS) is 48.4. The van der Waals surface area contributed by atoms with Crippen LogP contribution in [0.15, 0.2) is 34.4 Å². The van der Waals surface area contributed by atoms with Crippen LogP contribution in [-0.4, -0.2) is 23.3 Å². The van der Waals surface area contributed by atoms with E-state index in [1.807, 2.05) is 6.08 Å². The van der Waals surface area contributed by atoms with Gasteiger partial charge < -0.3 is 5.11 Å². The average molecular weight is 373 g/mol. The minimum atomic E-state index is -0.407. The number of ketones is 2. The van der Waals surface area contributed by atoms with Gasteiger partial charge in [-0.05, 0) is 72.0 Å². The molecule has 5 aliphatic carbocycles. The molecule has 138 valence electrons. The van der Waals surface area contributed by atoms with Gasteiger partial charge in [-0.2, -0.15) is 0 Å². The summed E-state index contributed by atoms with van der Waals surface area (Å²) in [5, 5.41) is 10.1. The van der Waals surface area contributed by atoms with E-state index in [2.05, 4.69) is 26.0 Å². The zero-order valence-corrected chi connectivity index (χ0v) is 16.1. The van der Waals surface area contributed by atoms with Crippen molar-refractivity contribution in [3.8, 4) is 0 Å². The molecule has 0 aromatic heterocycles. The van der Waals surface area contributed by atoms with Crippen LogP contribution in [0.5, 0.6) is 0 Å². The number of aliphatic hydroxyl groups excluding tert-OH is 1. The quantitative estimate of drug-likeness (QED) is 0.801. The second kappa shape index (κ2) is 5.20. The lowest BCUT2D eigenvalue weighted by Gasteiger charge is -2.56. The van der Waals surface area contributed by atoms with Crippen LogP contribution in [0, 0.1) is 40.4 Å². The first kappa shape index (κ1) is 16.9. The van der Waals surface area contributed by atoms with Gasteiger partial charge in [-0.25, -0.2) is 0 Å². The Bertz CT molecular complexity index is 821. The van der Waals surface area contributed by atoms with Crippen molar-refractivity contribution in [2.24, 2.45) is 40.4 Å². The van der Waals surface area contributed by atoms with Crippen LogP contribution >= 0.6 is 11.6 Å². The van der Waals surface area contributed by atoms with Crippen molar-refractivity contribution < 1.29 is 14.7 Å². The first-order chi connectivity index (χ1) is 12.3. The molecule has 0 radical (unpaired) electrons. The number of aliphatic hydroxyl groups is 1. The van der Waals surface area contributed by atoms with Crippen molar-refractivity contribution in [2.75, 3.05) is 6.61 Å². The molecule has 4 heteroatoms. The molecule has 2 fully saturated rings. The molecule has 7 atom stereocenters. The SMILES string of the molecule is C[C@@]12C(=CC(=O)[C@@H]3C[C@@H]31)C(Cl)=C[C@@H]1[C@@H]2CC[C@]2(C)C(C(=O)CO)=CC[C@@H]12. The summed E-state index contributed by atoms with van der Waals surface area (Å²) in [6.45, 7) is 4.11. The van der Waals surface area contributed by atoms with Gasteiger partial charge in [0.15, 0.2) is 11.6 Å². The molecule has 2 saturated carbocycles. The molecule has 0 heterocycles. The highest BCUT2D eigenvalue weighted by Gasteiger charge is 2.65. The van der Waals surface area contributed by atoms with E-state index in [9.17, 15) is 14.7 Å². The summed E-state index contributed by atoms with van der Waals surface area (Å²) in [6.07, 6.45) is 9.95. The van der Waals surface area contributed by atoms with E-state index >= 15 is 0 Å². The maximum absolute atomic E-state index is 12.3. The molecule has 26 heavy (non-hydrogen) atoms. The molecule has 0 unspecified atom stereocenters. The third-order valence-electron chi connectivity index (χ3n) is 8.52. The molecule has 0 aliphatic heterocycles. The fourth-order valence-corrected chi connectivity index (χ4v) is 7.46. The third-order valence-corrected chi connectivity index (χ3v) is 8.85. The zero-order chi connectivity index (χ0) is 18.4. The van der Waals surface area contributed by atoms with Gasteiger partial charge in [-0.1, -0.05) is 37.6 Å². The van der Waals surface area contributed by atoms with E-state index in [4.69, 9.17) is 11.6 Å². The fraction of sp³-hybridized carbons (Fsp3) is 0.636. The summed E-state index contributed by atoms with van der Waals surface area (Å²) in [5.41, 5.74) is 1.70. The number of carbonyl (C=O) groups excluding carboxylic acids is 2. The van der Waals surface area contributed by atoms with Gasteiger partial charge in [0.2, 0.25) is 0 Å². The number of hydrogen-bond acceptors (Lipinski definition) is 3. The number of hydrogen-bond donors (Lipinski definition) is 1. The molecule has 0 saturated heterocycles. The topological polar surface area (TPSA) is 54.4 Å². The first-order valence-electron chi connectivity index (χ1n) is 9.80. The van der Waals surface area contributed by atoms with E-state index in [1.54, 1.807) is 0 Å². The molecule has 0 aromatic carbocycles. The van der Waals surface area contributed by atoms with Crippen LogP contribution in [-0.2, 0) is 9.59 Å². The molecule has 5 aliphatic rings. The Kier molecular flexibility index (Phi) is 3.39. The van der Waals surface area contributed by atoms with Crippen LogP contribution in [0.25, 0.3) is 0 Å². The molecule has 3 nitrogen and oxygen atoms in total. The number of allylic oxidation sites excluding steroid dienone is 5. The van der Waals surface area contributed by atoms with Crippen LogP contribution in [0.2, 0.25) is 0 Å². The summed E-state index contributed by atoms with van der Waals surface area (Å²) in [6, 6.07) is 0. The van der Waals surface area contributed by atoms with E-state index in [-0.39, 0.29) is 28.3 Å². The second-order valence-electron chi connectivity index (χ2n) is 9.39. The highest BCUT2D eigenvalue weighted by atomic mass is 35.5. The Labute approximate surface area is 159 Å². The summed E-state index contributed by atoms with van der Waals surface area (Å²) in [5.74, 6) is 1.93. The highest BCUT2D eigenvalue weighted by molar-refractivity contribution is 6.32. The molecule has 5 rings (SSSR count).